The number of aliphatic hydroxyl groups excluding tert-OH is 1. The molecule has 0 aliphatic rings. The number of carbonyl (C=O) groups excluding carboxylic acids is 1. The van der Waals surface area contributed by atoms with Gasteiger partial charge < -0.3 is 10.0 Å². The molecule has 1 N–H and O–H groups in total. The smallest absolute Gasteiger partial charge is 0.254 e. The average molecular weight is 341 g/mol. The predicted octanol–water partition coefficient (Wildman–Crippen LogP) is 1.40. The van der Waals surface area contributed by atoms with E-state index in [1.807, 2.05) is 22.6 Å². The second-order valence-electron chi connectivity index (χ2n) is 2.91. The molecule has 0 aliphatic carbocycles. The van der Waals surface area contributed by atoms with Crippen LogP contribution < -0.4 is 0 Å². The Morgan fingerprint density at radius 3 is 3.00 bits per heavy atom. The number of halogens is 2. The van der Waals surface area contributed by atoms with Gasteiger partial charge in [-0.2, -0.15) is 0 Å². The molecule has 0 spiro atoms. The Kier molecular flexibility index (Phi) is 4.75. The van der Waals surface area contributed by atoms with Crippen molar-refractivity contribution < 1.29 is 9.90 Å². The van der Waals surface area contributed by atoms with Crippen LogP contribution in [0.15, 0.2) is 12.3 Å². The summed E-state index contributed by atoms with van der Waals surface area (Å²) < 4.78 is 0.631. The highest BCUT2D eigenvalue weighted by molar-refractivity contribution is 14.1. The lowest BCUT2D eigenvalue weighted by Crippen LogP contribution is -2.30. The zero-order valence-corrected chi connectivity index (χ0v) is 11.0. The maximum atomic E-state index is 11.8. The van der Waals surface area contributed by atoms with E-state index in [2.05, 4.69) is 4.98 Å². The molecule has 1 aromatic rings. The van der Waals surface area contributed by atoms with Crippen molar-refractivity contribution in [2.24, 2.45) is 0 Å². The van der Waals surface area contributed by atoms with E-state index in [4.69, 9.17) is 16.7 Å². The Bertz CT molecular complexity index is 373. The first-order valence-corrected chi connectivity index (χ1v) is 5.70. The number of aromatic nitrogens is 1. The molecule has 4 nitrogen and oxygen atoms in total. The highest BCUT2D eigenvalue weighted by atomic mass is 127. The van der Waals surface area contributed by atoms with E-state index >= 15 is 0 Å². The van der Waals surface area contributed by atoms with Gasteiger partial charge in [0.05, 0.1) is 15.7 Å². The minimum atomic E-state index is -0.169. The number of hydrogen-bond acceptors (Lipinski definition) is 3. The zero-order valence-electron chi connectivity index (χ0n) is 8.07. The normalized spacial score (nSPS) is 10.1. The van der Waals surface area contributed by atoms with Crippen molar-refractivity contribution in [1.82, 2.24) is 9.88 Å². The lowest BCUT2D eigenvalue weighted by molar-refractivity contribution is 0.0766. The second kappa shape index (κ2) is 5.62. The summed E-state index contributed by atoms with van der Waals surface area (Å²) in [6.07, 6.45) is 1.49. The van der Waals surface area contributed by atoms with Gasteiger partial charge in [-0.25, -0.2) is 4.98 Å². The van der Waals surface area contributed by atoms with Crippen molar-refractivity contribution >= 4 is 40.1 Å². The molecule has 82 valence electrons. The molecule has 0 atom stereocenters. The quantitative estimate of drug-likeness (QED) is 0.668. The fourth-order valence-corrected chi connectivity index (χ4v) is 1.75. The van der Waals surface area contributed by atoms with Gasteiger partial charge in [-0.05, 0) is 28.7 Å². The molecule has 0 unspecified atom stereocenters. The van der Waals surface area contributed by atoms with Crippen LogP contribution in [0.1, 0.15) is 10.4 Å². The SMILES string of the molecule is CN(CCO)C(=O)c1ccnc(Cl)c1I. The van der Waals surface area contributed by atoms with E-state index in [-0.39, 0.29) is 12.5 Å². The number of hydrogen-bond donors (Lipinski definition) is 1. The van der Waals surface area contributed by atoms with Gasteiger partial charge in [0.25, 0.3) is 5.91 Å². The summed E-state index contributed by atoms with van der Waals surface area (Å²) in [5, 5.41) is 9.04. The van der Waals surface area contributed by atoms with Crippen LogP contribution in [0.4, 0.5) is 0 Å². The lowest BCUT2D eigenvalue weighted by Gasteiger charge is -2.16. The Morgan fingerprint density at radius 2 is 2.40 bits per heavy atom. The van der Waals surface area contributed by atoms with Crippen LogP contribution in [0.2, 0.25) is 5.15 Å². The number of carbonyl (C=O) groups is 1. The Morgan fingerprint density at radius 1 is 1.73 bits per heavy atom. The van der Waals surface area contributed by atoms with Crippen LogP contribution in [0.5, 0.6) is 0 Å². The number of rotatable bonds is 3. The molecule has 0 radical (unpaired) electrons. The Hall–Kier alpha value is -0.400. The molecule has 1 heterocycles. The summed E-state index contributed by atoms with van der Waals surface area (Å²) in [4.78, 5) is 17.1. The van der Waals surface area contributed by atoms with Crippen molar-refractivity contribution in [3.8, 4) is 0 Å². The molecule has 0 aliphatic heterocycles. The van der Waals surface area contributed by atoms with Crippen molar-refractivity contribution in [2.75, 3.05) is 20.2 Å². The number of nitrogens with zero attached hydrogens (tertiary/aromatic N) is 2. The first kappa shape index (κ1) is 12.7. The van der Waals surface area contributed by atoms with Crippen molar-refractivity contribution in [2.45, 2.75) is 0 Å². The molecule has 0 saturated carbocycles. The minimum absolute atomic E-state index is 0.0579. The third-order valence-corrected chi connectivity index (χ3v) is 3.56. The first-order chi connectivity index (χ1) is 7.07. The third-order valence-electron chi connectivity index (χ3n) is 1.86. The average Bonchev–Trinajstić information content (AvgIpc) is 2.21. The minimum Gasteiger partial charge on any atom is -0.395 e. The van der Waals surface area contributed by atoms with Gasteiger partial charge in [0, 0.05) is 19.8 Å². The van der Waals surface area contributed by atoms with Crippen LogP contribution >= 0.6 is 34.2 Å². The third kappa shape index (κ3) is 3.02. The van der Waals surface area contributed by atoms with E-state index in [0.29, 0.717) is 20.8 Å². The maximum absolute atomic E-state index is 11.8. The maximum Gasteiger partial charge on any atom is 0.254 e. The van der Waals surface area contributed by atoms with Gasteiger partial charge in [0.15, 0.2) is 0 Å². The van der Waals surface area contributed by atoms with Gasteiger partial charge in [-0.1, -0.05) is 11.6 Å². The van der Waals surface area contributed by atoms with Crippen LogP contribution in [0.3, 0.4) is 0 Å². The second-order valence-corrected chi connectivity index (χ2v) is 4.35. The number of likely N-dealkylation sites (N-methyl/N-ethyl adjacent to an activating group) is 1. The lowest BCUT2D eigenvalue weighted by atomic mass is 10.2. The number of pyridine rings is 1. The van der Waals surface area contributed by atoms with Crippen molar-refractivity contribution in [1.29, 1.82) is 0 Å². The fourth-order valence-electron chi connectivity index (χ4n) is 1.04. The highest BCUT2D eigenvalue weighted by Crippen LogP contribution is 2.20. The Balaban J connectivity index is 2.96. The molecule has 1 amide bonds. The van der Waals surface area contributed by atoms with Gasteiger partial charge >= 0.3 is 0 Å². The van der Waals surface area contributed by atoms with Crippen molar-refractivity contribution in [3.05, 3.63) is 26.5 Å². The van der Waals surface area contributed by atoms with E-state index in [1.165, 1.54) is 11.1 Å². The summed E-state index contributed by atoms with van der Waals surface area (Å²) in [6, 6.07) is 1.61. The molecular weight excluding hydrogens is 330 g/mol. The van der Waals surface area contributed by atoms with Crippen LogP contribution in [0, 0.1) is 3.57 Å². The van der Waals surface area contributed by atoms with E-state index in [1.54, 1.807) is 13.1 Å². The van der Waals surface area contributed by atoms with Crippen LogP contribution in [0.25, 0.3) is 0 Å². The Labute approximate surface area is 106 Å². The number of aliphatic hydroxyl groups is 1. The molecule has 0 bridgehead atoms. The van der Waals surface area contributed by atoms with Crippen LogP contribution in [-0.4, -0.2) is 41.1 Å². The molecular formula is C9H10ClIN2O2. The van der Waals surface area contributed by atoms with E-state index in [9.17, 15) is 4.79 Å². The largest absolute Gasteiger partial charge is 0.395 e. The first-order valence-electron chi connectivity index (χ1n) is 4.24. The van der Waals surface area contributed by atoms with Gasteiger partial charge in [0.1, 0.15) is 5.15 Å². The summed E-state index contributed by atoms with van der Waals surface area (Å²) in [5.74, 6) is -0.169. The summed E-state index contributed by atoms with van der Waals surface area (Å²) in [6.45, 7) is 0.243. The van der Waals surface area contributed by atoms with Gasteiger partial charge in [-0.15, -0.1) is 0 Å². The topological polar surface area (TPSA) is 53.4 Å². The summed E-state index contributed by atoms with van der Waals surface area (Å²) in [7, 11) is 1.63. The monoisotopic (exact) mass is 340 g/mol. The fraction of sp³-hybridized carbons (Fsp3) is 0.333. The predicted molar refractivity (Wildman–Crippen MR) is 66.0 cm³/mol. The standard InChI is InChI=1S/C9H10ClIN2O2/c1-13(4-5-14)9(15)6-2-3-12-8(10)7(6)11/h2-3,14H,4-5H2,1H3. The van der Waals surface area contributed by atoms with Gasteiger partial charge in [0.2, 0.25) is 0 Å². The van der Waals surface area contributed by atoms with E-state index < -0.39 is 0 Å². The molecule has 0 saturated heterocycles. The molecule has 6 heteroatoms. The van der Waals surface area contributed by atoms with Crippen molar-refractivity contribution in [3.63, 3.8) is 0 Å². The molecule has 0 aromatic carbocycles. The molecule has 15 heavy (non-hydrogen) atoms. The summed E-state index contributed by atoms with van der Waals surface area (Å²) >= 11 is 7.78. The molecule has 1 aromatic heterocycles. The number of amides is 1. The zero-order chi connectivity index (χ0) is 11.4. The molecule has 1 rings (SSSR count). The van der Waals surface area contributed by atoms with Crippen LogP contribution in [-0.2, 0) is 0 Å². The summed E-state index contributed by atoms with van der Waals surface area (Å²) in [5.41, 5.74) is 0.506. The highest BCUT2D eigenvalue weighted by Gasteiger charge is 2.16. The van der Waals surface area contributed by atoms with Gasteiger partial charge in [-0.3, -0.25) is 4.79 Å². The van der Waals surface area contributed by atoms with E-state index in [0.717, 1.165) is 0 Å². The molecule has 0 fully saturated rings.